The SMILES string of the molecule is CC(C)C[C@@H](CO)NC(=O)[C@H](C)NC(=O)[C@@H]1N2C(=O)c3ccccc3[C@@H]2SC1(C)C. The molecular formula is C22H31N3O4S. The Morgan fingerprint density at radius 2 is 1.87 bits per heavy atom. The van der Waals surface area contributed by atoms with Crippen molar-refractivity contribution in [3.63, 3.8) is 0 Å². The van der Waals surface area contributed by atoms with Crippen molar-refractivity contribution in [2.75, 3.05) is 6.61 Å². The van der Waals surface area contributed by atoms with Gasteiger partial charge in [0.05, 0.1) is 12.6 Å². The van der Waals surface area contributed by atoms with Gasteiger partial charge in [0.1, 0.15) is 17.5 Å². The van der Waals surface area contributed by atoms with Gasteiger partial charge in [-0.05, 0) is 44.7 Å². The van der Waals surface area contributed by atoms with E-state index in [0.29, 0.717) is 17.9 Å². The van der Waals surface area contributed by atoms with Crippen LogP contribution in [0.15, 0.2) is 24.3 Å². The van der Waals surface area contributed by atoms with E-state index in [2.05, 4.69) is 10.6 Å². The molecule has 1 fully saturated rings. The molecule has 1 aromatic carbocycles. The predicted molar refractivity (Wildman–Crippen MR) is 117 cm³/mol. The summed E-state index contributed by atoms with van der Waals surface area (Å²) < 4.78 is -0.501. The summed E-state index contributed by atoms with van der Waals surface area (Å²) in [6.07, 6.45) is 0.650. The van der Waals surface area contributed by atoms with Gasteiger partial charge in [0.2, 0.25) is 11.8 Å². The van der Waals surface area contributed by atoms with E-state index in [1.165, 1.54) is 0 Å². The number of fused-ring (bicyclic) bond motifs is 3. The summed E-state index contributed by atoms with van der Waals surface area (Å²) in [6.45, 7) is 9.39. The van der Waals surface area contributed by atoms with Crippen molar-refractivity contribution in [1.82, 2.24) is 15.5 Å². The number of aliphatic hydroxyl groups is 1. The highest BCUT2D eigenvalue weighted by molar-refractivity contribution is 8.01. The van der Waals surface area contributed by atoms with Crippen LogP contribution in [0.2, 0.25) is 0 Å². The maximum absolute atomic E-state index is 13.2. The van der Waals surface area contributed by atoms with Gasteiger partial charge >= 0.3 is 0 Å². The Kier molecular flexibility index (Phi) is 6.48. The van der Waals surface area contributed by atoms with Gasteiger partial charge in [-0.2, -0.15) is 0 Å². The Bertz CT molecular complexity index is 841. The van der Waals surface area contributed by atoms with Gasteiger partial charge in [-0.25, -0.2) is 0 Å². The topological polar surface area (TPSA) is 98.7 Å². The van der Waals surface area contributed by atoms with Crippen molar-refractivity contribution < 1.29 is 19.5 Å². The summed E-state index contributed by atoms with van der Waals surface area (Å²) in [5.41, 5.74) is 1.56. The Balaban J connectivity index is 1.72. The van der Waals surface area contributed by atoms with Gasteiger partial charge in [0, 0.05) is 10.3 Å². The third kappa shape index (κ3) is 4.21. The maximum Gasteiger partial charge on any atom is 0.256 e. The second-order valence-corrected chi connectivity index (χ2v) is 10.8. The molecule has 1 aromatic rings. The molecule has 0 aromatic heterocycles. The molecule has 2 aliphatic rings. The monoisotopic (exact) mass is 433 g/mol. The molecule has 0 bridgehead atoms. The van der Waals surface area contributed by atoms with Crippen LogP contribution < -0.4 is 10.6 Å². The molecule has 3 rings (SSSR count). The molecule has 1 saturated heterocycles. The normalized spacial score (nSPS) is 23.7. The van der Waals surface area contributed by atoms with E-state index in [9.17, 15) is 19.5 Å². The average molecular weight is 434 g/mol. The molecule has 3 amide bonds. The molecule has 0 aliphatic carbocycles. The van der Waals surface area contributed by atoms with Crippen LogP contribution in [-0.4, -0.2) is 57.2 Å². The van der Waals surface area contributed by atoms with Gasteiger partial charge in [-0.15, -0.1) is 11.8 Å². The van der Waals surface area contributed by atoms with Gasteiger partial charge in [0.15, 0.2) is 0 Å². The number of thioether (sulfide) groups is 1. The third-order valence-electron chi connectivity index (χ3n) is 5.62. The molecule has 30 heavy (non-hydrogen) atoms. The molecule has 2 aliphatic heterocycles. The van der Waals surface area contributed by atoms with E-state index < -0.39 is 16.8 Å². The molecule has 7 nitrogen and oxygen atoms in total. The van der Waals surface area contributed by atoms with E-state index in [0.717, 1.165) is 5.56 Å². The highest BCUT2D eigenvalue weighted by Gasteiger charge is 2.57. The largest absolute Gasteiger partial charge is 0.394 e. The molecule has 8 heteroatoms. The summed E-state index contributed by atoms with van der Waals surface area (Å²) in [5, 5.41) is 14.9. The van der Waals surface area contributed by atoms with Gasteiger partial charge in [-0.3, -0.25) is 14.4 Å². The van der Waals surface area contributed by atoms with Crippen LogP contribution in [0.1, 0.15) is 62.3 Å². The zero-order valence-electron chi connectivity index (χ0n) is 18.1. The lowest BCUT2D eigenvalue weighted by atomic mass is 10.00. The first-order valence-electron chi connectivity index (χ1n) is 10.4. The zero-order chi connectivity index (χ0) is 22.2. The van der Waals surface area contributed by atoms with Crippen molar-refractivity contribution in [3.8, 4) is 0 Å². The number of aliphatic hydroxyl groups excluding tert-OH is 1. The maximum atomic E-state index is 13.2. The average Bonchev–Trinajstić information content (AvgIpc) is 3.10. The molecule has 2 heterocycles. The molecule has 0 radical (unpaired) electrons. The van der Waals surface area contributed by atoms with Crippen molar-refractivity contribution in [2.24, 2.45) is 5.92 Å². The second kappa shape index (κ2) is 8.59. The molecule has 0 saturated carbocycles. The fourth-order valence-electron chi connectivity index (χ4n) is 4.24. The van der Waals surface area contributed by atoms with Crippen molar-refractivity contribution in [1.29, 1.82) is 0 Å². The molecule has 0 spiro atoms. The molecule has 3 N–H and O–H groups in total. The molecule has 164 valence electrons. The van der Waals surface area contributed by atoms with Crippen LogP contribution in [0.3, 0.4) is 0 Å². The second-order valence-electron chi connectivity index (χ2n) is 9.02. The quantitative estimate of drug-likeness (QED) is 0.611. The Morgan fingerprint density at radius 3 is 2.50 bits per heavy atom. The lowest BCUT2D eigenvalue weighted by molar-refractivity contribution is -0.131. The van der Waals surface area contributed by atoms with E-state index in [-0.39, 0.29) is 35.7 Å². The summed E-state index contributed by atoms with van der Waals surface area (Å²) in [4.78, 5) is 40.4. The summed E-state index contributed by atoms with van der Waals surface area (Å²) in [6, 6.07) is 5.63. The van der Waals surface area contributed by atoms with Crippen LogP contribution in [0.25, 0.3) is 0 Å². The molecule has 0 unspecified atom stereocenters. The Morgan fingerprint density at radius 1 is 1.20 bits per heavy atom. The van der Waals surface area contributed by atoms with E-state index >= 15 is 0 Å². The summed E-state index contributed by atoms with van der Waals surface area (Å²) in [7, 11) is 0. The number of benzene rings is 1. The van der Waals surface area contributed by atoms with Crippen LogP contribution in [0.4, 0.5) is 0 Å². The fraction of sp³-hybridized carbons (Fsp3) is 0.591. The molecule has 4 atom stereocenters. The zero-order valence-corrected chi connectivity index (χ0v) is 19.0. The number of nitrogens with one attached hydrogen (secondary N) is 2. The first-order valence-corrected chi connectivity index (χ1v) is 11.3. The number of carbonyl (C=O) groups excluding carboxylic acids is 3. The lowest BCUT2D eigenvalue weighted by Gasteiger charge is -2.30. The highest BCUT2D eigenvalue weighted by atomic mass is 32.2. The first-order chi connectivity index (χ1) is 14.1. The van der Waals surface area contributed by atoms with E-state index in [1.54, 1.807) is 29.7 Å². The van der Waals surface area contributed by atoms with Gasteiger partial charge < -0.3 is 20.6 Å². The number of nitrogens with zero attached hydrogens (tertiary/aromatic N) is 1. The van der Waals surface area contributed by atoms with Crippen LogP contribution in [0.5, 0.6) is 0 Å². The number of rotatable bonds is 7. The van der Waals surface area contributed by atoms with Crippen molar-refractivity contribution >= 4 is 29.5 Å². The number of hydrogen-bond donors (Lipinski definition) is 3. The van der Waals surface area contributed by atoms with Crippen LogP contribution >= 0.6 is 11.8 Å². The smallest absolute Gasteiger partial charge is 0.256 e. The third-order valence-corrected chi connectivity index (χ3v) is 7.15. The van der Waals surface area contributed by atoms with Crippen molar-refractivity contribution in [2.45, 2.75) is 69.3 Å². The standard InChI is InChI=1S/C22H31N3O4S/c1-12(2)10-14(11-26)24-18(27)13(3)23-19(28)17-22(4,5)30-21-16-9-7-6-8-15(16)20(29)25(17)21/h6-9,12-14,17,21,26H,10-11H2,1-5H3,(H,23,28)(H,24,27)/t13-,14-,17-,21-/m0/s1. The van der Waals surface area contributed by atoms with Crippen molar-refractivity contribution in [3.05, 3.63) is 35.4 Å². The minimum Gasteiger partial charge on any atom is -0.394 e. The Labute approximate surface area is 182 Å². The summed E-state index contributed by atoms with van der Waals surface area (Å²) >= 11 is 1.59. The van der Waals surface area contributed by atoms with E-state index in [1.807, 2.05) is 45.9 Å². The predicted octanol–water partition coefficient (Wildman–Crippen LogP) is 2.06. The van der Waals surface area contributed by atoms with Crippen LogP contribution in [-0.2, 0) is 9.59 Å². The van der Waals surface area contributed by atoms with Gasteiger partial charge in [0.25, 0.3) is 5.91 Å². The fourth-order valence-corrected chi connectivity index (χ4v) is 5.83. The number of hydrogen-bond acceptors (Lipinski definition) is 5. The molecular weight excluding hydrogens is 402 g/mol. The van der Waals surface area contributed by atoms with E-state index in [4.69, 9.17) is 0 Å². The Hall–Kier alpha value is -2.06. The minimum absolute atomic E-state index is 0.150. The lowest BCUT2D eigenvalue weighted by Crippen LogP contribution is -2.57. The first kappa shape index (κ1) is 22.6. The van der Waals surface area contributed by atoms with Crippen LogP contribution in [0, 0.1) is 5.92 Å². The summed E-state index contributed by atoms with van der Waals surface area (Å²) in [5.74, 6) is -0.520. The van der Waals surface area contributed by atoms with Gasteiger partial charge in [-0.1, -0.05) is 32.0 Å². The number of carbonyl (C=O) groups is 3. The number of amides is 3. The minimum atomic E-state index is -0.779. The highest BCUT2D eigenvalue weighted by Crippen LogP contribution is 2.56.